The first-order valence-corrected chi connectivity index (χ1v) is 7.53. The number of nitrogens with one attached hydrogen (secondary N) is 1. The molecule has 0 saturated carbocycles. The van der Waals surface area contributed by atoms with Gasteiger partial charge in [-0.15, -0.1) is 0 Å². The Balaban J connectivity index is 2.25. The zero-order valence-electron chi connectivity index (χ0n) is 14.0. The summed E-state index contributed by atoms with van der Waals surface area (Å²) in [5.41, 5.74) is -0.164. The maximum Gasteiger partial charge on any atom is 0.331 e. The van der Waals surface area contributed by atoms with Crippen LogP contribution in [0.1, 0.15) is 22.0 Å². The van der Waals surface area contributed by atoms with Crippen LogP contribution in [0.3, 0.4) is 0 Å². The average Bonchev–Trinajstić information content (AvgIpc) is 2.64. The first-order valence-electron chi connectivity index (χ1n) is 7.53. The Morgan fingerprint density at radius 3 is 2.27 bits per heavy atom. The predicted octanol–water partition coefficient (Wildman–Crippen LogP) is 1.98. The van der Waals surface area contributed by atoms with E-state index in [0.29, 0.717) is 17.4 Å². The summed E-state index contributed by atoms with van der Waals surface area (Å²) in [5.74, 6) is -3.32. The molecule has 138 valence electrons. The average molecular weight is 365 g/mol. The lowest BCUT2D eigenvalue weighted by Crippen LogP contribution is -2.45. The van der Waals surface area contributed by atoms with Gasteiger partial charge in [-0.3, -0.25) is 4.79 Å². The van der Waals surface area contributed by atoms with Gasteiger partial charge in [-0.2, -0.15) is 0 Å². The number of rotatable bonds is 6. The van der Waals surface area contributed by atoms with Crippen LogP contribution in [0.25, 0.3) is 0 Å². The molecule has 2 N–H and O–H groups in total. The van der Waals surface area contributed by atoms with E-state index in [1.807, 2.05) is 0 Å². The normalized spacial score (nSPS) is 12.8. The van der Waals surface area contributed by atoms with Crippen LogP contribution in [-0.2, 0) is 9.53 Å². The summed E-state index contributed by atoms with van der Waals surface area (Å²) in [5, 5.41) is 12.7. The number of esters is 1. The molecule has 2 unspecified atom stereocenters. The zero-order valence-corrected chi connectivity index (χ0v) is 14.0. The van der Waals surface area contributed by atoms with E-state index in [-0.39, 0.29) is 0 Å². The third kappa shape index (κ3) is 4.34. The second-order valence-corrected chi connectivity index (χ2v) is 5.32. The maximum atomic E-state index is 13.7. The summed E-state index contributed by atoms with van der Waals surface area (Å²) in [4.78, 5) is 24.2. The van der Waals surface area contributed by atoms with Crippen molar-refractivity contribution >= 4 is 11.9 Å². The number of carbonyl (C=O) groups excluding carboxylic acids is 2. The van der Waals surface area contributed by atoms with Crippen LogP contribution >= 0.6 is 0 Å². The molecule has 6 nitrogen and oxygen atoms in total. The van der Waals surface area contributed by atoms with E-state index in [2.05, 4.69) is 10.1 Å². The summed E-state index contributed by atoms with van der Waals surface area (Å²) >= 11 is 0. The number of carbonyl (C=O) groups is 2. The smallest absolute Gasteiger partial charge is 0.331 e. The van der Waals surface area contributed by atoms with Crippen LogP contribution in [0, 0.1) is 11.6 Å². The third-order valence-corrected chi connectivity index (χ3v) is 3.69. The van der Waals surface area contributed by atoms with Gasteiger partial charge in [0, 0.05) is 6.07 Å². The molecule has 0 aliphatic heterocycles. The Hall–Kier alpha value is -3.00. The van der Waals surface area contributed by atoms with E-state index < -0.39 is 41.2 Å². The number of hydrogen-bond donors (Lipinski definition) is 2. The van der Waals surface area contributed by atoms with Crippen molar-refractivity contribution in [2.45, 2.75) is 12.1 Å². The minimum absolute atomic E-state index is 0.307. The van der Waals surface area contributed by atoms with Crippen molar-refractivity contribution in [3.63, 3.8) is 0 Å². The van der Waals surface area contributed by atoms with Gasteiger partial charge in [-0.05, 0) is 29.8 Å². The minimum Gasteiger partial charge on any atom is -0.497 e. The summed E-state index contributed by atoms with van der Waals surface area (Å²) in [6.45, 7) is 0. The molecule has 0 spiro atoms. The van der Waals surface area contributed by atoms with Crippen LogP contribution < -0.4 is 10.1 Å². The van der Waals surface area contributed by atoms with E-state index in [1.165, 1.54) is 19.2 Å². The van der Waals surface area contributed by atoms with Crippen molar-refractivity contribution in [1.82, 2.24) is 5.32 Å². The third-order valence-electron chi connectivity index (χ3n) is 3.69. The first kappa shape index (κ1) is 19.3. The number of benzene rings is 2. The Morgan fingerprint density at radius 1 is 1.08 bits per heavy atom. The fourth-order valence-corrected chi connectivity index (χ4v) is 2.28. The Kier molecular flexibility index (Phi) is 6.24. The van der Waals surface area contributed by atoms with Crippen molar-refractivity contribution in [2.75, 3.05) is 14.2 Å². The van der Waals surface area contributed by atoms with Crippen LogP contribution in [0.4, 0.5) is 8.78 Å². The summed E-state index contributed by atoms with van der Waals surface area (Å²) in [7, 11) is 2.56. The molecule has 0 heterocycles. The van der Waals surface area contributed by atoms with Gasteiger partial charge in [0.25, 0.3) is 5.91 Å². The fraction of sp³-hybridized carbons (Fsp3) is 0.222. The second kappa shape index (κ2) is 8.39. The van der Waals surface area contributed by atoms with Crippen LogP contribution in [0.2, 0.25) is 0 Å². The Morgan fingerprint density at radius 2 is 1.73 bits per heavy atom. The molecule has 0 aliphatic rings. The molecule has 0 fully saturated rings. The lowest BCUT2D eigenvalue weighted by molar-refractivity contribution is -0.146. The van der Waals surface area contributed by atoms with Crippen LogP contribution in [0.15, 0.2) is 42.5 Å². The number of methoxy groups -OCH3 is 2. The van der Waals surface area contributed by atoms with Gasteiger partial charge in [0.1, 0.15) is 23.5 Å². The largest absolute Gasteiger partial charge is 0.497 e. The van der Waals surface area contributed by atoms with Gasteiger partial charge >= 0.3 is 5.97 Å². The molecule has 1 amide bonds. The molecule has 2 rings (SSSR count). The summed E-state index contributed by atoms with van der Waals surface area (Å²) in [6, 6.07) is 7.03. The standard InChI is InChI=1S/C18H17F2NO5/c1-25-12-6-3-10(4-7-12)16(22)15(18(24)26-2)21-17(23)13-8-5-11(19)9-14(13)20/h3-9,15-16,22H,1-2H3,(H,21,23). The molecule has 8 heteroatoms. The van der Waals surface area contributed by atoms with Gasteiger partial charge in [0.05, 0.1) is 19.8 Å². The monoisotopic (exact) mass is 365 g/mol. The van der Waals surface area contributed by atoms with E-state index in [0.717, 1.165) is 19.2 Å². The summed E-state index contributed by atoms with van der Waals surface area (Å²) in [6.07, 6.45) is -1.46. The van der Waals surface area contributed by atoms with Crippen molar-refractivity contribution in [3.8, 4) is 5.75 Å². The number of hydrogen-bond acceptors (Lipinski definition) is 5. The highest BCUT2D eigenvalue weighted by Gasteiger charge is 2.31. The number of aliphatic hydroxyl groups is 1. The Bertz CT molecular complexity index is 795. The van der Waals surface area contributed by atoms with Gasteiger partial charge in [-0.1, -0.05) is 12.1 Å². The maximum absolute atomic E-state index is 13.7. The van der Waals surface area contributed by atoms with Crippen molar-refractivity contribution in [2.24, 2.45) is 0 Å². The van der Waals surface area contributed by atoms with Crippen molar-refractivity contribution < 1.29 is 33.0 Å². The molecule has 2 aromatic carbocycles. The van der Waals surface area contributed by atoms with Gasteiger partial charge < -0.3 is 19.9 Å². The first-order chi connectivity index (χ1) is 12.4. The molecule has 2 aromatic rings. The van der Waals surface area contributed by atoms with E-state index in [1.54, 1.807) is 12.1 Å². The van der Waals surface area contributed by atoms with E-state index in [9.17, 15) is 23.5 Å². The number of aliphatic hydroxyl groups excluding tert-OH is 1. The predicted molar refractivity (Wildman–Crippen MR) is 87.6 cm³/mol. The topological polar surface area (TPSA) is 84.9 Å². The number of halogens is 2. The van der Waals surface area contributed by atoms with Crippen LogP contribution in [0.5, 0.6) is 5.75 Å². The van der Waals surface area contributed by atoms with Gasteiger partial charge in [0.15, 0.2) is 6.04 Å². The lowest BCUT2D eigenvalue weighted by atomic mass is 10.0. The molecular weight excluding hydrogens is 348 g/mol. The molecular formula is C18H17F2NO5. The Labute approximate surface area is 148 Å². The molecule has 0 radical (unpaired) electrons. The molecule has 0 saturated heterocycles. The SMILES string of the molecule is COC(=O)C(NC(=O)c1ccc(F)cc1F)C(O)c1ccc(OC)cc1. The molecule has 0 bridgehead atoms. The highest BCUT2D eigenvalue weighted by molar-refractivity contribution is 5.97. The van der Waals surface area contributed by atoms with E-state index >= 15 is 0 Å². The number of amides is 1. The molecule has 26 heavy (non-hydrogen) atoms. The molecule has 0 aliphatic carbocycles. The highest BCUT2D eigenvalue weighted by Crippen LogP contribution is 2.21. The summed E-state index contributed by atoms with van der Waals surface area (Å²) < 4.78 is 36.3. The second-order valence-electron chi connectivity index (χ2n) is 5.32. The minimum atomic E-state index is -1.50. The quantitative estimate of drug-likeness (QED) is 0.765. The van der Waals surface area contributed by atoms with Crippen LogP contribution in [-0.4, -0.2) is 37.2 Å². The molecule has 2 atom stereocenters. The van der Waals surface area contributed by atoms with Crippen molar-refractivity contribution in [3.05, 3.63) is 65.2 Å². The van der Waals surface area contributed by atoms with Gasteiger partial charge in [0.2, 0.25) is 0 Å². The van der Waals surface area contributed by atoms with Gasteiger partial charge in [-0.25, -0.2) is 13.6 Å². The number of ether oxygens (including phenoxy) is 2. The fourth-order valence-electron chi connectivity index (χ4n) is 2.28. The lowest BCUT2D eigenvalue weighted by Gasteiger charge is -2.22. The van der Waals surface area contributed by atoms with E-state index in [4.69, 9.17) is 4.74 Å². The van der Waals surface area contributed by atoms with Crippen molar-refractivity contribution in [1.29, 1.82) is 0 Å². The zero-order chi connectivity index (χ0) is 19.3. The molecule has 0 aromatic heterocycles. The highest BCUT2D eigenvalue weighted by atomic mass is 19.1.